The summed E-state index contributed by atoms with van der Waals surface area (Å²) in [6.07, 6.45) is 4.37. The molecule has 0 bridgehead atoms. The second-order valence-corrected chi connectivity index (χ2v) is 4.10. The van der Waals surface area contributed by atoms with E-state index in [1.807, 2.05) is 12.1 Å². The zero-order valence-electron chi connectivity index (χ0n) is 10.00. The third-order valence-corrected chi connectivity index (χ3v) is 2.92. The van der Waals surface area contributed by atoms with Crippen LogP contribution in [0, 0.1) is 5.92 Å². The molecule has 0 aliphatic carbocycles. The van der Waals surface area contributed by atoms with Crippen LogP contribution in [0.1, 0.15) is 32.2 Å². The van der Waals surface area contributed by atoms with Gasteiger partial charge >= 0.3 is 0 Å². The standard InChI is InChI=1S/C12H16N4O/c1-3-8(2)10(13)12-15-11(16-17-12)9-4-6-14-7-5-9/h4-8,10H,3,13H2,1-2H3. The van der Waals surface area contributed by atoms with Gasteiger partial charge in [-0.05, 0) is 18.1 Å². The lowest BCUT2D eigenvalue weighted by molar-refractivity contribution is 0.312. The topological polar surface area (TPSA) is 77.8 Å². The molecule has 2 heterocycles. The van der Waals surface area contributed by atoms with Crippen LogP contribution >= 0.6 is 0 Å². The molecule has 0 amide bonds. The molecule has 0 fully saturated rings. The third kappa shape index (κ3) is 2.50. The number of aromatic nitrogens is 3. The second kappa shape index (κ2) is 5.05. The highest BCUT2D eigenvalue weighted by atomic mass is 16.5. The Hall–Kier alpha value is -1.75. The number of hydrogen-bond donors (Lipinski definition) is 1. The summed E-state index contributed by atoms with van der Waals surface area (Å²) in [7, 11) is 0. The Kier molecular flexibility index (Phi) is 3.49. The molecule has 2 unspecified atom stereocenters. The summed E-state index contributed by atoms with van der Waals surface area (Å²) in [5, 5.41) is 3.93. The Bertz CT molecular complexity index is 468. The van der Waals surface area contributed by atoms with Gasteiger partial charge in [-0.2, -0.15) is 4.98 Å². The molecule has 17 heavy (non-hydrogen) atoms. The summed E-state index contributed by atoms with van der Waals surface area (Å²) >= 11 is 0. The highest BCUT2D eigenvalue weighted by Gasteiger charge is 2.20. The summed E-state index contributed by atoms with van der Waals surface area (Å²) in [5.41, 5.74) is 6.91. The number of nitrogens with zero attached hydrogens (tertiary/aromatic N) is 3. The monoisotopic (exact) mass is 232 g/mol. The van der Waals surface area contributed by atoms with E-state index in [4.69, 9.17) is 10.3 Å². The second-order valence-electron chi connectivity index (χ2n) is 4.10. The molecule has 5 heteroatoms. The van der Waals surface area contributed by atoms with E-state index in [-0.39, 0.29) is 6.04 Å². The molecule has 0 spiro atoms. The van der Waals surface area contributed by atoms with Crippen molar-refractivity contribution in [3.05, 3.63) is 30.4 Å². The van der Waals surface area contributed by atoms with Crippen molar-refractivity contribution in [1.29, 1.82) is 0 Å². The van der Waals surface area contributed by atoms with Crippen molar-refractivity contribution in [2.75, 3.05) is 0 Å². The smallest absolute Gasteiger partial charge is 0.244 e. The Balaban J connectivity index is 2.22. The van der Waals surface area contributed by atoms with E-state index in [0.717, 1.165) is 12.0 Å². The van der Waals surface area contributed by atoms with Gasteiger partial charge in [0.15, 0.2) is 0 Å². The normalized spacial score (nSPS) is 14.5. The molecular weight excluding hydrogens is 216 g/mol. The fraction of sp³-hybridized carbons (Fsp3) is 0.417. The van der Waals surface area contributed by atoms with Crippen LogP contribution in [-0.4, -0.2) is 15.1 Å². The van der Waals surface area contributed by atoms with Crippen LogP contribution in [-0.2, 0) is 0 Å². The van der Waals surface area contributed by atoms with E-state index in [0.29, 0.717) is 17.6 Å². The van der Waals surface area contributed by atoms with Crippen LogP contribution in [0.4, 0.5) is 0 Å². The van der Waals surface area contributed by atoms with Crippen molar-refractivity contribution in [3.63, 3.8) is 0 Å². The maximum absolute atomic E-state index is 6.03. The minimum absolute atomic E-state index is 0.205. The molecule has 90 valence electrons. The predicted molar refractivity (Wildman–Crippen MR) is 63.9 cm³/mol. The maximum Gasteiger partial charge on any atom is 0.244 e. The fourth-order valence-electron chi connectivity index (χ4n) is 1.49. The summed E-state index contributed by atoms with van der Waals surface area (Å²) in [4.78, 5) is 8.26. The van der Waals surface area contributed by atoms with E-state index >= 15 is 0 Å². The van der Waals surface area contributed by atoms with Crippen molar-refractivity contribution >= 4 is 0 Å². The minimum atomic E-state index is -0.205. The van der Waals surface area contributed by atoms with Crippen LogP contribution in [0.25, 0.3) is 11.4 Å². The summed E-state index contributed by atoms with van der Waals surface area (Å²) in [5.74, 6) is 1.37. The summed E-state index contributed by atoms with van der Waals surface area (Å²) in [6.45, 7) is 4.16. The number of pyridine rings is 1. The molecule has 2 aromatic rings. The number of hydrogen-bond acceptors (Lipinski definition) is 5. The molecule has 2 aromatic heterocycles. The summed E-state index contributed by atoms with van der Waals surface area (Å²) in [6, 6.07) is 3.47. The van der Waals surface area contributed by atoms with Crippen LogP contribution in [0.3, 0.4) is 0 Å². The van der Waals surface area contributed by atoms with Crippen molar-refractivity contribution < 1.29 is 4.52 Å². The van der Waals surface area contributed by atoms with Gasteiger partial charge < -0.3 is 10.3 Å². The van der Waals surface area contributed by atoms with Crippen molar-refractivity contribution in [3.8, 4) is 11.4 Å². The zero-order valence-corrected chi connectivity index (χ0v) is 10.00. The van der Waals surface area contributed by atoms with Crippen molar-refractivity contribution in [2.45, 2.75) is 26.3 Å². The zero-order chi connectivity index (χ0) is 12.3. The number of nitrogens with two attached hydrogens (primary N) is 1. The lowest BCUT2D eigenvalue weighted by atomic mass is 10.0. The van der Waals surface area contributed by atoms with E-state index in [1.54, 1.807) is 12.4 Å². The van der Waals surface area contributed by atoms with E-state index in [1.165, 1.54) is 0 Å². The molecule has 2 rings (SSSR count). The quantitative estimate of drug-likeness (QED) is 0.874. The summed E-state index contributed by atoms with van der Waals surface area (Å²) < 4.78 is 5.20. The first-order valence-corrected chi connectivity index (χ1v) is 5.72. The molecule has 0 radical (unpaired) electrons. The van der Waals surface area contributed by atoms with Gasteiger partial charge in [0.05, 0.1) is 6.04 Å². The first kappa shape index (κ1) is 11.7. The Morgan fingerprint density at radius 2 is 2.06 bits per heavy atom. The van der Waals surface area contributed by atoms with Crippen molar-refractivity contribution in [1.82, 2.24) is 15.1 Å². The lowest BCUT2D eigenvalue weighted by Crippen LogP contribution is -2.18. The van der Waals surface area contributed by atoms with Gasteiger partial charge in [0.2, 0.25) is 11.7 Å². The maximum atomic E-state index is 6.03. The van der Waals surface area contributed by atoms with Crippen LogP contribution in [0.2, 0.25) is 0 Å². The highest BCUT2D eigenvalue weighted by molar-refractivity contribution is 5.52. The first-order valence-electron chi connectivity index (χ1n) is 5.72. The van der Waals surface area contributed by atoms with Gasteiger partial charge in [-0.25, -0.2) is 0 Å². The SMILES string of the molecule is CCC(C)C(N)c1nc(-c2ccncc2)no1. The van der Waals surface area contributed by atoms with Crippen LogP contribution in [0.5, 0.6) is 0 Å². The van der Waals surface area contributed by atoms with Gasteiger partial charge in [0.1, 0.15) is 0 Å². The molecule has 0 aromatic carbocycles. The first-order chi connectivity index (χ1) is 8.22. The predicted octanol–water partition coefficient (Wildman–Crippen LogP) is 2.18. The fourth-order valence-corrected chi connectivity index (χ4v) is 1.49. The van der Waals surface area contributed by atoms with E-state index < -0.39 is 0 Å². The van der Waals surface area contributed by atoms with Gasteiger partial charge in [-0.1, -0.05) is 25.4 Å². The Morgan fingerprint density at radius 3 is 2.71 bits per heavy atom. The Labute approximate surface area is 100 Å². The molecule has 0 aliphatic rings. The lowest BCUT2D eigenvalue weighted by Gasteiger charge is -2.12. The van der Waals surface area contributed by atoms with Crippen LogP contribution < -0.4 is 5.73 Å². The molecular formula is C12H16N4O. The molecule has 5 nitrogen and oxygen atoms in total. The van der Waals surface area contributed by atoms with Gasteiger partial charge in [-0.3, -0.25) is 4.98 Å². The average molecular weight is 232 g/mol. The average Bonchev–Trinajstić information content (AvgIpc) is 2.87. The minimum Gasteiger partial charge on any atom is -0.337 e. The Morgan fingerprint density at radius 1 is 1.35 bits per heavy atom. The molecule has 2 atom stereocenters. The third-order valence-electron chi connectivity index (χ3n) is 2.92. The molecule has 0 saturated heterocycles. The van der Waals surface area contributed by atoms with Crippen molar-refractivity contribution in [2.24, 2.45) is 11.7 Å². The van der Waals surface area contributed by atoms with Gasteiger partial charge in [-0.15, -0.1) is 0 Å². The van der Waals surface area contributed by atoms with Gasteiger partial charge in [0.25, 0.3) is 0 Å². The van der Waals surface area contributed by atoms with E-state index in [9.17, 15) is 0 Å². The molecule has 0 aliphatic heterocycles. The molecule has 0 saturated carbocycles. The molecule has 2 N–H and O–H groups in total. The highest BCUT2D eigenvalue weighted by Crippen LogP contribution is 2.22. The van der Waals surface area contributed by atoms with E-state index in [2.05, 4.69) is 29.0 Å². The number of rotatable bonds is 4. The van der Waals surface area contributed by atoms with Crippen LogP contribution in [0.15, 0.2) is 29.0 Å². The largest absolute Gasteiger partial charge is 0.337 e. The van der Waals surface area contributed by atoms with Gasteiger partial charge in [0, 0.05) is 18.0 Å².